The fourth-order valence-corrected chi connectivity index (χ4v) is 4.59. The SMILES string of the molecule is COc1cc2c(cc1OC)[C@@H](C(=O)N(C)Cc1ccccc1)[C@H](c1ccccc1F)N(C)C2=O. The van der Waals surface area contributed by atoms with Gasteiger partial charge < -0.3 is 19.3 Å². The summed E-state index contributed by atoms with van der Waals surface area (Å²) in [4.78, 5) is 30.4. The summed E-state index contributed by atoms with van der Waals surface area (Å²) in [6, 6.07) is 18.3. The number of hydrogen-bond donors (Lipinski definition) is 0. The zero-order valence-electron chi connectivity index (χ0n) is 19.6. The van der Waals surface area contributed by atoms with E-state index in [0.717, 1.165) is 5.56 Å². The molecular weight excluding hydrogens is 435 g/mol. The maximum atomic E-state index is 15.0. The number of methoxy groups -OCH3 is 2. The number of hydrogen-bond acceptors (Lipinski definition) is 4. The van der Waals surface area contributed by atoms with E-state index in [0.29, 0.717) is 29.2 Å². The first-order valence-corrected chi connectivity index (χ1v) is 10.9. The zero-order chi connectivity index (χ0) is 24.4. The Morgan fingerprint density at radius 3 is 2.24 bits per heavy atom. The van der Waals surface area contributed by atoms with Crippen LogP contribution < -0.4 is 9.47 Å². The largest absolute Gasteiger partial charge is 0.493 e. The Kier molecular flexibility index (Phi) is 6.54. The van der Waals surface area contributed by atoms with E-state index in [1.807, 2.05) is 30.3 Å². The quantitative estimate of drug-likeness (QED) is 0.545. The summed E-state index contributed by atoms with van der Waals surface area (Å²) in [5.41, 5.74) is 2.07. The predicted molar refractivity (Wildman–Crippen MR) is 126 cm³/mol. The topological polar surface area (TPSA) is 59.1 Å². The first-order chi connectivity index (χ1) is 16.4. The highest BCUT2D eigenvalue weighted by Gasteiger charge is 2.45. The van der Waals surface area contributed by atoms with Crippen molar-refractivity contribution in [2.24, 2.45) is 0 Å². The van der Waals surface area contributed by atoms with E-state index in [1.165, 1.54) is 25.2 Å². The lowest BCUT2D eigenvalue weighted by molar-refractivity contribution is -0.133. The molecule has 3 aromatic carbocycles. The molecule has 0 saturated carbocycles. The molecule has 0 aromatic heterocycles. The molecule has 34 heavy (non-hydrogen) atoms. The van der Waals surface area contributed by atoms with Crippen molar-refractivity contribution in [2.45, 2.75) is 18.5 Å². The van der Waals surface area contributed by atoms with Crippen LogP contribution in [0.3, 0.4) is 0 Å². The molecule has 1 heterocycles. The normalized spacial score (nSPS) is 17.2. The van der Waals surface area contributed by atoms with Gasteiger partial charge in [0.15, 0.2) is 11.5 Å². The van der Waals surface area contributed by atoms with Crippen LogP contribution in [0.5, 0.6) is 11.5 Å². The Bertz CT molecular complexity index is 1210. The molecule has 2 atom stereocenters. The molecule has 0 spiro atoms. The molecule has 0 saturated heterocycles. The lowest BCUT2D eigenvalue weighted by Crippen LogP contribution is -2.46. The number of fused-ring (bicyclic) bond motifs is 1. The van der Waals surface area contributed by atoms with Crippen molar-refractivity contribution in [3.05, 3.63) is 94.8 Å². The molecule has 6 nitrogen and oxygen atoms in total. The second-order valence-electron chi connectivity index (χ2n) is 8.33. The average Bonchev–Trinajstić information content (AvgIpc) is 2.86. The minimum Gasteiger partial charge on any atom is -0.493 e. The Balaban J connectivity index is 1.87. The van der Waals surface area contributed by atoms with E-state index in [4.69, 9.17) is 9.47 Å². The summed E-state index contributed by atoms with van der Waals surface area (Å²) < 4.78 is 25.8. The maximum absolute atomic E-state index is 15.0. The van der Waals surface area contributed by atoms with Gasteiger partial charge in [-0.15, -0.1) is 0 Å². The fourth-order valence-electron chi connectivity index (χ4n) is 4.59. The number of ether oxygens (including phenoxy) is 2. The number of likely N-dealkylation sites (N-methyl/N-ethyl adjacent to an activating group) is 2. The van der Waals surface area contributed by atoms with Crippen LogP contribution in [-0.4, -0.2) is 49.9 Å². The van der Waals surface area contributed by atoms with E-state index < -0.39 is 17.8 Å². The van der Waals surface area contributed by atoms with Crippen molar-refractivity contribution >= 4 is 11.8 Å². The Morgan fingerprint density at radius 2 is 1.59 bits per heavy atom. The number of benzene rings is 3. The smallest absolute Gasteiger partial charge is 0.254 e. The molecule has 0 bridgehead atoms. The van der Waals surface area contributed by atoms with Crippen molar-refractivity contribution in [2.75, 3.05) is 28.3 Å². The lowest BCUT2D eigenvalue weighted by atomic mass is 9.78. The van der Waals surface area contributed by atoms with E-state index in [9.17, 15) is 14.0 Å². The van der Waals surface area contributed by atoms with Crippen molar-refractivity contribution in [3.8, 4) is 11.5 Å². The van der Waals surface area contributed by atoms with Crippen LogP contribution in [0.15, 0.2) is 66.7 Å². The van der Waals surface area contributed by atoms with Crippen LogP contribution in [0.2, 0.25) is 0 Å². The van der Waals surface area contributed by atoms with Gasteiger partial charge >= 0.3 is 0 Å². The Labute approximate surface area is 198 Å². The first-order valence-electron chi connectivity index (χ1n) is 10.9. The van der Waals surface area contributed by atoms with Crippen LogP contribution in [-0.2, 0) is 11.3 Å². The number of amides is 2. The molecule has 0 fully saturated rings. The Morgan fingerprint density at radius 1 is 0.971 bits per heavy atom. The fraction of sp³-hybridized carbons (Fsp3) is 0.259. The molecule has 7 heteroatoms. The third-order valence-corrected chi connectivity index (χ3v) is 6.30. The average molecular weight is 463 g/mol. The van der Waals surface area contributed by atoms with E-state index >= 15 is 0 Å². The number of rotatable bonds is 6. The molecular formula is C27H27FN2O4. The Hall–Kier alpha value is -3.87. The third kappa shape index (κ3) is 4.09. The van der Waals surface area contributed by atoms with E-state index in [2.05, 4.69) is 0 Å². The zero-order valence-corrected chi connectivity index (χ0v) is 19.6. The van der Waals surface area contributed by atoms with Crippen molar-refractivity contribution in [1.29, 1.82) is 0 Å². The number of carbonyl (C=O) groups is 2. The van der Waals surface area contributed by atoms with Crippen LogP contribution >= 0.6 is 0 Å². The van der Waals surface area contributed by atoms with Gasteiger partial charge in [0.05, 0.1) is 26.2 Å². The summed E-state index contributed by atoms with van der Waals surface area (Å²) >= 11 is 0. The highest BCUT2D eigenvalue weighted by Crippen LogP contribution is 2.46. The van der Waals surface area contributed by atoms with Crippen LogP contribution in [0.4, 0.5) is 4.39 Å². The summed E-state index contributed by atoms with van der Waals surface area (Å²) in [7, 11) is 6.29. The number of carbonyl (C=O) groups excluding carboxylic acids is 2. The van der Waals surface area contributed by atoms with Gasteiger partial charge in [-0.2, -0.15) is 0 Å². The van der Waals surface area contributed by atoms with Crippen LogP contribution in [0.25, 0.3) is 0 Å². The van der Waals surface area contributed by atoms with Gasteiger partial charge in [0, 0.05) is 31.8 Å². The predicted octanol–water partition coefficient (Wildman–Crippen LogP) is 4.41. The monoisotopic (exact) mass is 462 g/mol. The highest BCUT2D eigenvalue weighted by molar-refractivity contribution is 6.02. The summed E-state index contributed by atoms with van der Waals surface area (Å²) in [6.07, 6.45) is 0. The number of halogens is 1. The van der Waals surface area contributed by atoms with Crippen LogP contribution in [0.1, 0.15) is 39.0 Å². The van der Waals surface area contributed by atoms with Gasteiger partial charge in [0.25, 0.3) is 5.91 Å². The second kappa shape index (κ2) is 9.55. The lowest BCUT2D eigenvalue weighted by Gasteiger charge is -2.41. The van der Waals surface area contributed by atoms with Crippen molar-refractivity contribution in [1.82, 2.24) is 9.80 Å². The molecule has 1 aliphatic heterocycles. The first kappa shape index (κ1) is 23.3. The summed E-state index contributed by atoms with van der Waals surface area (Å²) in [6.45, 7) is 0.375. The summed E-state index contributed by atoms with van der Waals surface area (Å²) in [5, 5.41) is 0. The second-order valence-corrected chi connectivity index (χ2v) is 8.33. The van der Waals surface area contributed by atoms with Gasteiger partial charge in [-0.3, -0.25) is 9.59 Å². The molecule has 0 aliphatic carbocycles. The molecule has 3 aromatic rings. The standard InChI is InChI=1S/C27H27FN2O4/c1-29(16-17-10-6-5-7-11-17)27(32)24-19-14-22(33-3)23(34-4)15-20(19)26(31)30(2)25(24)18-12-8-9-13-21(18)28/h5-15,24-25H,16H2,1-4H3/t24-,25+/m1/s1. The molecule has 176 valence electrons. The minimum absolute atomic E-state index is 0.232. The van der Waals surface area contributed by atoms with Crippen LogP contribution in [0, 0.1) is 5.82 Å². The highest BCUT2D eigenvalue weighted by atomic mass is 19.1. The van der Waals surface area contributed by atoms with Gasteiger partial charge in [-0.25, -0.2) is 4.39 Å². The molecule has 0 unspecified atom stereocenters. The molecule has 0 N–H and O–H groups in total. The van der Waals surface area contributed by atoms with Gasteiger partial charge in [-0.1, -0.05) is 48.5 Å². The van der Waals surface area contributed by atoms with Crippen molar-refractivity contribution < 1.29 is 23.5 Å². The van der Waals surface area contributed by atoms with Gasteiger partial charge in [0.2, 0.25) is 5.91 Å². The maximum Gasteiger partial charge on any atom is 0.254 e. The molecule has 4 rings (SSSR count). The number of nitrogens with zero attached hydrogens (tertiary/aromatic N) is 2. The van der Waals surface area contributed by atoms with E-state index in [-0.39, 0.29) is 17.4 Å². The van der Waals surface area contributed by atoms with Gasteiger partial charge in [0.1, 0.15) is 5.82 Å². The van der Waals surface area contributed by atoms with E-state index in [1.54, 1.807) is 49.3 Å². The molecule has 1 aliphatic rings. The van der Waals surface area contributed by atoms with Gasteiger partial charge in [-0.05, 0) is 29.3 Å². The molecule has 0 radical (unpaired) electrons. The third-order valence-electron chi connectivity index (χ3n) is 6.30. The summed E-state index contributed by atoms with van der Waals surface area (Å²) in [5.74, 6) is -1.09. The minimum atomic E-state index is -0.844. The molecule has 2 amide bonds. The van der Waals surface area contributed by atoms with Crippen molar-refractivity contribution in [3.63, 3.8) is 0 Å².